The summed E-state index contributed by atoms with van der Waals surface area (Å²) in [4.78, 5) is 28.2. The zero-order chi connectivity index (χ0) is 11.4. The minimum Gasteiger partial charge on any atom is -0.549 e. The van der Waals surface area contributed by atoms with Crippen molar-refractivity contribution >= 4 is 17.7 Å². The summed E-state index contributed by atoms with van der Waals surface area (Å²) in [5.41, 5.74) is 0.285. The van der Waals surface area contributed by atoms with Crippen molar-refractivity contribution in [3.63, 3.8) is 0 Å². The van der Waals surface area contributed by atoms with Gasteiger partial charge in [0.15, 0.2) is 5.16 Å². The minimum atomic E-state index is -1.15. The molecular weight excluding hydrogens is 216 g/mol. The predicted molar refractivity (Wildman–Crippen MR) is 54.5 cm³/mol. The molecule has 0 unspecified atom stereocenters. The van der Waals surface area contributed by atoms with Gasteiger partial charge in [0.25, 0.3) is 5.56 Å². The molecule has 6 heteroatoms. The maximum absolute atomic E-state index is 11.1. The quantitative estimate of drug-likeness (QED) is 0.563. The number of thioether (sulfide) groups is 1. The van der Waals surface area contributed by atoms with Crippen LogP contribution in [0.25, 0.3) is 0 Å². The first-order valence-electron chi connectivity index (χ1n) is 4.48. The molecule has 0 fully saturated rings. The van der Waals surface area contributed by atoms with E-state index in [1.165, 1.54) is 6.07 Å². The van der Waals surface area contributed by atoms with Crippen molar-refractivity contribution in [1.29, 1.82) is 0 Å². The second-order valence-electron chi connectivity index (χ2n) is 3.03. The number of H-pyrrole nitrogens is 1. The number of hydrogen-bond donors (Lipinski definition) is 1. The third-order valence-corrected chi connectivity index (χ3v) is 2.96. The van der Waals surface area contributed by atoms with Gasteiger partial charge in [-0.3, -0.25) is 4.79 Å². The SMILES string of the molecule is CC[C@@H](Sc1nc(C)cc(=O)[nH]1)C(=O)[O-]. The first-order valence-corrected chi connectivity index (χ1v) is 5.36. The Morgan fingerprint density at radius 3 is 2.87 bits per heavy atom. The van der Waals surface area contributed by atoms with Gasteiger partial charge in [-0.15, -0.1) is 0 Å². The van der Waals surface area contributed by atoms with E-state index in [2.05, 4.69) is 9.97 Å². The maximum atomic E-state index is 11.1. The Bertz CT molecular complexity index is 416. The number of carbonyl (C=O) groups is 1. The van der Waals surface area contributed by atoms with Crippen LogP contribution in [-0.4, -0.2) is 21.2 Å². The van der Waals surface area contributed by atoms with E-state index in [1.54, 1.807) is 13.8 Å². The normalized spacial score (nSPS) is 12.4. The van der Waals surface area contributed by atoms with E-state index >= 15 is 0 Å². The molecule has 1 aromatic heterocycles. The fraction of sp³-hybridized carbons (Fsp3) is 0.444. The standard InChI is InChI=1S/C9H12N2O3S/c1-3-6(8(13)14)15-9-10-5(2)4-7(12)11-9/h4,6H,3H2,1-2H3,(H,13,14)(H,10,11,12)/p-1/t6-/m1/s1. The fourth-order valence-electron chi connectivity index (χ4n) is 1.04. The largest absolute Gasteiger partial charge is 0.549 e. The lowest BCUT2D eigenvalue weighted by Crippen LogP contribution is -2.33. The molecular formula is C9H11N2O3S-. The lowest BCUT2D eigenvalue weighted by molar-refractivity contribution is -0.304. The Hall–Kier alpha value is -1.30. The molecule has 82 valence electrons. The lowest BCUT2D eigenvalue weighted by Gasteiger charge is -2.14. The zero-order valence-electron chi connectivity index (χ0n) is 8.44. The third kappa shape index (κ3) is 3.39. The highest BCUT2D eigenvalue weighted by molar-refractivity contribution is 8.00. The molecule has 0 aliphatic heterocycles. The number of aliphatic carboxylic acids is 1. The van der Waals surface area contributed by atoms with Gasteiger partial charge in [0.1, 0.15) is 0 Å². The van der Waals surface area contributed by atoms with Gasteiger partial charge in [-0.1, -0.05) is 18.7 Å². The van der Waals surface area contributed by atoms with Crippen LogP contribution in [0.4, 0.5) is 0 Å². The molecule has 1 N–H and O–H groups in total. The van der Waals surface area contributed by atoms with Gasteiger partial charge >= 0.3 is 0 Å². The molecule has 0 amide bonds. The number of rotatable bonds is 4. The Morgan fingerprint density at radius 1 is 1.73 bits per heavy atom. The van der Waals surface area contributed by atoms with E-state index in [1.807, 2.05) is 0 Å². The molecule has 0 bridgehead atoms. The number of nitrogens with one attached hydrogen (secondary N) is 1. The van der Waals surface area contributed by atoms with Gasteiger partial charge < -0.3 is 14.9 Å². The van der Waals surface area contributed by atoms with Crippen LogP contribution < -0.4 is 10.7 Å². The highest BCUT2D eigenvalue weighted by Gasteiger charge is 2.11. The molecule has 1 aromatic rings. The Labute approximate surface area is 90.9 Å². The van der Waals surface area contributed by atoms with Crippen molar-refractivity contribution in [2.75, 3.05) is 0 Å². The average molecular weight is 227 g/mol. The van der Waals surface area contributed by atoms with Crippen LogP contribution in [0.5, 0.6) is 0 Å². The van der Waals surface area contributed by atoms with Crippen LogP contribution in [-0.2, 0) is 4.79 Å². The number of aromatic nitrogens is 2. The number of aryl methyl sites for hydroxylation is 1. The number of hydrogen-bond acceptors (Lipinski definition) is 5. The average Bonchev–Trinajstić information content (AvgIpc) is 2.12. The Kier molecular flexibility index (Phi) is 3.90. The van der Waals surface area contributed by atoms with Crippen LogP contribution in [0, 0.1) is 6.92 Å². The van der Waals surface area contributed by atoms with Crippen LogP contribution >= 0.6 is 11.8 Å². The van der Waals surface area contributed by atoms with Crippen LogP contribution in [0.2, 0.25) is 0 Å². The number of nitrogens with zero attached hydrogens (tertiary/aromatic N) is 1. The van der Waals surface area contributed by atoms with Gasteiger partial charge in [-0.05, 0) is 13.3 Å². The molecule has 0 aliphatic rings. The van der Waals surface area contributed by atoms with Crippen molar-refractivity contribution in [3.05, 3.63) is 22.1 Å². The van der Waals surface area contributed by atoms with Gasteiger partial charge in [0.2, 0.25) is 0 Å². The van der Waals surface area contributed by atoms with Crippen LogP contribution in [0.3, 0.4) is 0 Å². The number of aromatic amines is 1. The second kappa shape index (κ2) is 4.97. The summed E-state index contributed by atoms with van der Waals surface area (Å²) in [7, 11) is 0. The maximum Gasteiger partial charge on any atom is 0.251 e. The Morgan fingerprint density at radius 2 is 2.40 bits per heavy atom. The molecule has 0 aliphatic carbocycles. The van der Waals surface area contributed by atoms with Gasteiger partial charge in [-0.2, -0.15) is 0 Å². The van der Waals surface area contributed by atoms with Gasteiger partial charge in [0, 0.05) is 11.8 Å². The molecule has 1 atom stereocenters. The summed E-state index contributed by atoms with van der Waals surface area (Å²) in [5.74, 6) is -1.15. The Balaban J connectivity index is 2.88. The lowest BCUT2D eigenvalue weighted by atomic mass is 10.3. The van der Waals surface area contributed by atoms with E-state index in [9.17, 15) is 14.7 Å². The molecule has 0 radical (unpaired) electrons. The number of carboxylic acids is 1. The highest BCUT2D eigenvalue weighted by atomic mass is 32.2. The van der Waals surface area contributed by atoms with E-state index in [-0.39, 0.29) is 5.56 Å². The first kappa shape index (κ1) is 11.8. The molecule has 1 rings (SSSR count). The van der Waals surface area contributed by atoms with Gasteiger partial charge in [-0.25, -0.2) is 4.98 Å². The van der Waals surface area contributed by atoms with Crippen LogP contribution in [0.1, 0.15) is 19.0 Å². The molecule has 0 aromatic carbocycles. The van der Waals surface area contributed by atoms with E-state index < -0.39 is 11.2 Å². The highest BCUT2D eigenvalue weighted by Crippen LogP contribution is 2.20. The summed E-state index contributed by atoms with van der Waals surface area (Å²) in [5, 5.41) is 10.3. The van der Waals surface area contributed by atoms with E-state index in [4.69, 9.17) is 0 Å². The van der Waals surface area contributed by atoms with Crippen molar-refractivity contribution in [2.45, 2.75) is 30.7 Å². The monoisotopic (exact) mass is 227 g/mol. The molecule has 5 nitrogen and oxygen atoms in total. The number of carboxylic acid groups (broad SMARTS) is 1. The summed E-state index contributed by atoms with van der Waals surface area (Å²) >= 11 is 0.996. The van der Waals surface area contributed by atoms with E-state index in [0.717, 1.165) is 11.8 Å². The van der Waals surface area contributed by atoms with Crippen molar-refractivity contribution in [1.82, 2.24) is 9.97 Å². The molecule has 0 saturated carbocycles. The topological polar surface area (TPSA) is 85.9 Å². The molecule has 0 spiro atoms. The smallest absolute Gasteiger partial charge is 0.251 e. The molecule has 0 saturated heterocycles. The number of carbonyl (C=O) groups excluding carboxylic acids is 1. The summed E-state index contributed by atoms with van der Waals surface area (Å²) in [6.45, 7) is 3.42. The van der Waals surface area contributed by atoms with Crippen molar-refractivity contribution in [3.8, 4) is 0 Å². The van der Waals surface area contributed by atoms with Crippen molar-refractivity contribution in [2.24, 2.45) is 0 Å². The predicted octanol–water partition coefficient (Wildman–Crippen LogP) is -0.301. The minimum absolute atomic E-state index is 0.279. The van der Waals surface area contributed by atoms with Crippen LogP contribution in [0.15, 0.2) is 16.0 Å². The fourth-order valence-corrected chi connectivity index (χ4v) is 1.93. The van der Waals surface area contributed by atoms with E-state index in [0.29, 0.717) is 17.3 Å². The summed E-state index contributed by atoms with van der Waals surface area (Å²) < 4.78 is 0. The molecule has 1 heterocycles. The second-order valence-corrected chi connectivity index (χ2v) is 4.22. The molecule has 15 heavy (non-hydrogen) atoms. The third-order valence-electron chi connectivity index (χ3n) is 1.74. The summed E-state index contributed by atoms with van der Waals surface area (Å²) in [6.07, 6.45) is 0.421. The van der Waals surface area contributed by atoms with Gasteiger partial charge in [0.05, 0.1) is 11.2 Å². The zero-order valence-corrected chi connectivity index (χ0v) is 9.26. The van der Waals surface area contributed by atoms with Crippen molar-refractivity contribution < 1.29 is 9.90 Å². The first-order chi connectivity index (χ1) is 7.02. The summed E-state index contributed by atoms with van der Waals surface area (Å²) in [6, 6.07) is 1.35.